The van der Waals surface area contributed by atoms with Crippen molar-refractivity contribution in [2.45, 2.75) is 6.18 Å². The van der Waals surface area contributed by atoms with Crippen molar-refractivity contribution < 1.29 is 13.2 Å². The molecular formula is C6H8F3N5. The average molecular weight is 207 g/mol. The largest absolute Gasteiger partial charge is 0.405 e. The van der Waals surface area contributed by atoms with Crippen molar-refractivity contribution in [3.63, 3.8) is 0 Å². The summed E-state index contributed by atoms with van der Waals surface area (Å²) < 4.78 is 35.4. The number of nitrogens with two attached hydrogens (primary N) is 2. The van der Waals surface area contributed by atoms with Crippen molar-refractivity contribution in [2.24, 2.45) is 0 Å². The molecule has 14 heavy (non-hydrogen) atoms. The van der Waals surface area contributed by atoms with E-state index in [1.807, 2.05) is 5.32 Å². The van der Waals surface area contributed by atoms with Gasteiger partial charge in [-0.2, -0.15) is 13.2 Å². The Hall–Kier alpha value is -1.73. The second kappa shape index (κ2) is 3.56. The predicted octanol–water partition coefficient (Wildman–Crippen LogP) is 0.615. The van der Waals surface area contributed by atoms with Gasteiger partial charge >= 0.3 is 6.18 Å². The number of hydrogen-bond acceptors (Lipinski definition) is 5. The highest BCUT2D eigenvalue weighted by atomic mass is 19.4. The van der Waals surface area contributed by atoms with Crippen LogP contribution in [0.3, 0.4) is 0 Å². The minimum absolute atomic E-state index is 0.0512. The van der Waals surface area contributed by atoms with Gasteiger partial charge in [0, 0.05) is 0 Å². The molecule has 78 valence electrons. The van der Waals surface area contributed by atoms with E-state index < -0.39 is 12.7 Å². The third kappa shape index (κ3) is 2.64. The van der Waals surface area contributed by atoms with E-state index in [0.717, 1.165) is 6.33 Å². The molecule has 0 amide bonds. The van der Waals surface area contributed by atoms with Gasteiger partial charge in [0.15, 0.2) is 11.6 Å². The van der Waals surface area contributed by atoms with Crippen LogP contribution < -0.4 is 16.8 Å². The van der Waals surface area contributed by atoms with Gasteiger partial charge < -0.3 is 16.8 Å². The van der Waals surface area contributed by atoms with Crippen LogP contribution in [0.4, 0.5) is 30.5 Å². The normalized spacial score (nSPS) is 11.4. The predicted molar refractivity (Wildman–Crippen MR) is 45.4 cm³/mol. The molecule has 5 nitrogen and oxygen atoms in total. The topological polar surface area (TPSA) is 89.8 Å². The highest BCUT2D eigenvalue weighted by Crippen LogP contribution is 2.21. The number of hydrogen-bond donors (Lipinski definition) is 3. The maximum atomic E-state index is 11.8. The number of nitrogen functional groups attached to an aromatic ring is 2. The molecule has 0 fully saturated rings. The quantitative estimate of drug-likeness (QED) is 0.661. The molecule has 8 heteroatoms. The molecule has 1 aromatic rings. The number of aromatic nitrogens is 2. The first-order chi connectivity index (χ1) is 6.40. The van der Waals surface area contributed by atoms with E-state index in [1.54, 1.807) is 0 Å². The Morgan fingerprint density at radius 1 is 1.29 bits per heavy atom. The lowest BCUT2D eigenvalue weighted by Crippen LogP contribution is -2.22. The molecule has 0 radical (unpaired) electrons. The van der Waals surface area contributed by atoms with Crippen molar-refractivity contribution in [3.05, 3.63) is 6.33 Å². The Bertz CT molecular complexity index is 324. The first-order valence-electron chi connectivity index (χ1n) is 3.57. The van der Waals surface area contributed by atoms with Gasteiger partial charge in [0.2, 0.25) is 0 Å². The highest BCUT2D eigenvalue weighted by molar-refractivity contribution is 5.72. The zero-order valence-electron chi connectivity index (χ0n) is 6.97. The Labute approximate surface area is 77.3 Å². The van der Waals surface area contributed by atoms with E-state index in [4.69, 9.17) is 11.5 Å². The number of alkyl halides is 3. The first kappa shape index (κ1) is 10.4. The molecule has 0 aromatic carbocycles. The van der Waals surface area contributed by atoms with E-state index in [-0.39, 0.29) is 17.3 Å². The van der Waals surface area contributed by atoms with Crippen molar-refractivity contribution in [1.29, 1.82) is 0 Å². The van der Waals surface area contributed by atoms with Crippen LogP contribution in [0.2, 0.25) is 0 Å². The average Bonchev–Trinajstić information content (AvgIpc) is 2.06. The Balaban J connectivity index is 2.73. The molecule has 0 atom stereocenters. The van der Waals surface area contributed by atoms with Crippen LogP contribution in [0.25, 0.3) is 0 Å². The maximum Gasteiger partial charge on any atom is 0.405 e. The summed E-state index contributed by atoms with van der Waals surface area (Å²) in [6, 6.07) is 0. The molecule has 1 rings (SSSR count). The van der Waals surface area contributed by atoms with E-state index in [1.165, 1.54) is 0 Å². The lowest BCUT2D eigenvalue weighted by Gasteiger charge is -2.10. The monoisotopic (exact) mass is 207 g/mol. The summed E-state index contributed by atoms with van der Waals surface area (Å²) in [6.07, 6.45) is -3.30. The summed E-state index contributed by atoms with van der Waals surface area (Å²) in [5.74, 6) is -0.167. The smallest absolute Gasteiger partial charge is 0.393 e. The molecule has 0 aliphatic rings. The van der Waals surface area contributed by atoms with Crippen molar-refractivity contribution in [1.82, 2.24) is 9.97 Å². The van der Waals surface area contributed by atoms with Crippen LogP contribution >= 0.6 is 0 Å². The standard InChI is InChI=1S/C6H8F3N5/c7-6(8,9)1-12-5-3(10)4(11)13-2-14-5/h2H,1,10H2,(H3,11,12,13,14). The minimum Gasteiger partial charge on any atom is -0.393 e. The maximum absolute atomic E-state index is 11.8. The number of rotatable bonds is 2. The minimum atomic E-state index is -4.33. The van der Waals surface area contributed by atoms with Gasteiger partial charge in [0.25, 0.3) is 0 Å². The van der Waals surface area contributed by atoms with E-state index in [2.05, 4.69) is 9.97 Å². The van der Waals surface area contributed by atoms with Crippen LogP contribution in [0.15, 0.2) is 6.33 Å². The van der Waals surface area contributed by atoms with Gasteiger partial charge in [0.1, 0.15) is 18.6 Å². The molecule has 0 spiro atoms. The molecule has 0 bridgehead atoms. The molecule has 0 saturated heterocycles. The Morgan fingerprint density at radius 2 is 1.93 bits per heavy atom. The fourth-order valence-corrected chi connectivity index (χ4v) is 0.734. The lowest BCUT2D eigenvalue weighted by atomic mass is 10.4. The van der Waals surface area contributed by atoms with Gasteiger partial charge in [0.05, 0.1) is 0 Å². The molecule has 0 aliphatic carbocycles. The lowest BCUT2D eigenvalue weighted by molar-refractivity contribution is -0.115. The highest BCUT2D eigenvalue weighted by Gasteiger charge is 2.27. The van der Waals surface area contributed by atoms with Crippen LogP contribution in [-0.2, 0) is 0 Å². The van der Waals surface area contributed by atoms with Crippen LogP contribution in [0.5, 0.6) is 0 Å². The van der Waals surface area contributed by atoms with Gasteiger partial charge in [-0.15, -0.1) is 0 Å². The SMILES string of the molecule is Nc1ncnc(NCC(F)(F)F)c1N. The van der Waals surface area contributed by atoms with E-state index in [0.29, 0.717) is 0 Å². The zero-order valence-corrected chi connectivity index (χ0v) is 6.97. The van der Waals surface area contributed by atoms with Gasteiger partial charge in [-0.1, -0.05) is 0 Å². The van der Waals surface area contributed by atoms with Crippen molar-refractivity contribution >= 4 is 17.3 Å². The number of anilines is 3. The fraction of sp³-hybridized carbons (Fsp3) is 0.333. The van der Waals surface area contributed by atoms with Crippen molar-refractivity contribution in [3.8, 4) is 0 Å². The summed E-state index contributed by atoms with van der Waals surface area (Å²) in [5, 5.41) is 2.01. The summed E-state index contributed by atoms with van der Waals surface area (Å²) in [4.78, 5) is 7.02. The van der Waals surface area contributed by atoms with Crippen LogP contribution in [0, 0.1) is 0 Å². The molecular weight excluding hydrogens is 199 g/mol. The van der Waals surface area contributed by atoms with Crippen LogP contribution in [-0.4, -0.2) is 22.7 Å². The van der Waals surface area contributed by atoms with E-state index >= 15 is 0 Å². The van der Waals surface area contributed by atoms with Crippen LogP contribution in [0.1, 0.15) is 0 Å². The molecule has 0 unspecified atom stereocenters. The van der Waals surface area contributed by atoms with Gasteiger partial charge in [-0.25, -0.2) is 9.97 Å². The number of nitrogens with zero attached hydrogens (tertiary/aromatic N) is 2. The Kier molecular flexibility index (Phi) is 2.63. The summed E-state index contributed by atoms with van der Waals surface area (Å²) in [5.41, 5.74) is 10.5. The van der Waals surface area contributed by atoms with E-state index in [9.17, 15) is 13.2 Å². The molecule has 1 heterocycles. The fourth-order valence-electron chi connectivity index (χ4n) is 0.734. The van der Waals surface area contributed by atoms with Gasteiger partial charge in [-0.05, 0) is 0 Å². The Morgan fingerprint density at radius 3 is 2.50 bits per heavy atom. The molecule has 0 aliphatic heterocycles. The molecule has 1 aromatic heterocycles. The number of nitrogens with one attached hydrogen (secondary N) is 1. The summed E-state index contributed by atoms with van der Waals surface area (Å²) in [6.45, 7) is -1.21. The zero-order chi connectivity index (χ0) is 10.8. The summed E-state index contributed by atoms with van der Waals surface area (Å²) >= 11 is 0. The third-order valence-corrected chi connectivity index (χ3v) is 1.37. The second-order valence-corrected chi connectivity index (χ2v) is 2.49. The first-order valence-corrected chi connectivity index (χ1v) is 3.57. The number of halogens is 3. The van der Waals surface area contributed by atoms with Gasteiger partial charge in [-0.3, -0.25) is 0 Å². The molecule has 5 N–H and O–H groups in total. The molecule has 0 saturated carbocycles. The summed E-state index contributed by atoms with van der Waals surface area (Å²) in [7, 11) is 0. The second-order valence-electron chi connectivity index (χ2n) is 2.49. The third-order valence-electron chi connectivity index (χ3n) is 1.37. The van der Waals surface area contributed by atoms with Crippen molar-refractivity contribution in [2.75, 3.05) is 23.3 Å².